The normalized spacial score (nSPS) is 10.5. The van der Waals surface area contributed by atoms with Crippen molar-refractivity contribution in [1.82, 2.24) is 10.3 Å². The van der Waals surface area contributed by atoms with Gasteiger partial charge in [-0.3, -0.25) is 4.79 Å². The van der Waals surface area contributed by atoms with Crippen molar-refractivity contribution in [2.24, 2.45) is 0 Å². The third kappa shape index (κ3) is 3.14. The molecule has 1 aromatic carbocycles. The second-order valence-electron chi connectivity index (χ2n) is 3.86. The summed E-state index contributed by atoms with van der Waals surface area (Å²) in [6, 6.07) is 3.51. The second-order valence-corrected chi connectivity index (χ2v) is 5.06. The molecule has 0 aliphatic heterocycles. The SMILES string of the molecule is CCc1cnc(CNC(=O)c2cccc(F)c2F)s1. The van der Waals surface area contributed by atoms with Crippen LogP contribution in [0.15, 0.2) is 24.4 Å². The van der Waals surface area contributed by atoms with Gasteiger partial charge >= 0.3 is 0 Å². The summed E-state index contributed by atoms with van der Waals surface area (Å²) in [6.07, 6.45) is 2.62. The van der Waals surface area contributed by atoms with Gasteiger partial charge in [0.2, 0.25) is 0 Å². The summed E-state index contributed by atoms with van der Waals surface area (Å²) >= 11 is 1.48. The van der Waals surface area contributed by atoms with Crippen LogP contribution in [0.1, 0.15) is 27.2 Å². The summed E-state index contributed by atoms with van der Waals surface area (Å²) in [4.78, 5) is 17.0. The van der Waals surface area contributed by atoms with Crippen molar-refractivity contribution < 1.29 is 13.6 Å². The average Bonchev–Trinajstić information content (AvgIpc) is 2.87. The maximum atomic E-state index is 13.4. The standard InChI is InChI=1S/C13H12F2N2OS/c1-2-8-6-16-11(19-8)7-17-13(18)9-4-3-5-10(14)12(9)15/h3-6H,2,7H2,1H3,(H,17,18). The maximum absolute atomic E-state index is 13.4. The van der Waals surface area contributed by atoms with Gasteiger partial charge < -0.3 is 5.32 Å². The number of aryl methyl sites for hydroxylation is 1. The first-order chi connectivity index (χ1) is 9.11. The van der Waals surface area contributed by atoms with Gasteiger partial charge in [-0.05, 0) is 18.6 Å². The Morgan fingerprint density at radius 3 is 2.89 bits per heavy atom. The number of rotatable bonds is 4. The number of thiazole rings is 1. The van der Waals surface area contributed by atoms with Crippen LogP contribution in [0.25, 0.3) is 0 Å². The van der Waals surface area contributed by atoms with Crippen molar-refractivity contribution in [1.29, 1.82) is 0 Å². The molecule has 0 unspecified atom stereocenters. The number of hydrogen-bond acceptors (Lipinski definition) is 3. The maximum Gasteiger partial charge on any atom is 0.254 e. The predicted molar refractivity (Wildman–Crippen MR) is 69.0 cm³/mol. The lowest BCUT2D eigenvalue weighted by atomic mass is 10.2. The zero-order valence-electron chi connectivity index (χ0n) is 10.2. The van der Waals surface area contributed by atoms with Crippen LogP contribution in [0.2, 0.25) is 0 Å². The van der Waals surface area contributed by atoms with Crippen LogP contribution in [0.3, 0.4) is 0 Å². The first-order valence-electron chi connectivity index (χ1n) is 5.77. The first-order valence-corrected chi connectivity index (χ1v) is 6.59. The number of carbonyl (C=O) groups is 1. The summed E-state index contributed by atoms with van der Waals surface area (Å²) < 4.78 is 26.4. The smallest absolute Gasteiger partial charge is 0.254 e. The highest BCUT2D eigenvalue weighted by atomic mass is 32.1. The van der Waals surface area contributed by atoms with E-state index in [0.717, 1.165) is 22.4 Å². The fraction of sp³-hybridized carbons (Fsp3) is 0.231. The van der Waals surface area contributed by atoms with Gasteiger partial charge in [0.1, 0.15) is 5.01 Å². The van der Waals surface area contributed by atoms with E-state index < -0.39 is 17.5 Å². The zero-order valence-corrected chi connectivity index (χ0v) is 11.1. The number of nitrogens with one attached hydrogen (secondary N) is 1. The molecule has 1 heterocycles. The van der Waals surface area contributed by atoms with Crippen LogP contribution in [-0.2, 0) is 13.0 Å². The molecule has 0 aliphatic carbocycles. The Balaban J connectivity index is 2.03. The van der Waals surface area contributed by atoms with Gasteiger partial charge in [0.25, 0.3) is 5.91 Å². The van der Waals surface area contributed by atoms with Crippen molar-refractivity contribution >= 4 is 17.2 Å². The summed E-state index contributed by atoms with van der Waals surface area (Å²) in [5, 5.41) is 3.26. The van der Waals surface area contributed by atoms with Gasteiger partial charge in [0.05, 0.1) is 12.1 Å². The number of hydrogen-bond donors (Lipinski definition) is 1. The molecule has 2 aromatic rings. The van der Waals surface area contributed by atoms with E-state index in [0.29, 0.717) is 0 Å². The number of carbonyl (C=O) groups excluding carboxylic acids is 1. The molecule has 19 heavy (non-hydrogen) atoms. The summed E-state index contributed by atoms with van der Waals surface area (Å²) in [5.74, 6) is -2.81. The van der Waals surface area contributed by atoms with Gasteiger partial charge in [0.15, 0.2) is 11.6 Å². The van der Waals surface area contributed by atoms with Gasteiger partial charge in [-0.1, -0.05) is 13.0 Å². The molecule has 0 spiro atoms. The molecular weight excluding hydrogens is 270 g/mol. The highest BCUT2D eigenvalue weighted by molar-refractivity contribution is 7.11. The number of amides is 1. The molecule has 1 amide bonds. The highest BCUT2D eigenvalue weighted by Gasteiger charge is 2.15. The Morgan fingerprint density at radius 1 is 1.42 bits per heavy atom. The quantitative estimate of drug-likeness (QED) is 0.937. The summed E-state index contributed by atoms with van der Waals surface area (Å²) in [6.45, 7) is 2.22. The van der Waals surface area contributed by atoms with E-state index in [2.05, 4.69) is 10.3 Å². The number of halogens is 2. The molecule has 0 saturated carbocycles. The molecule has 1 aromatic heterocycles. The Kier molecular flexibility index (Phi) is 4.21. The van der Waals surface area contributed by atoms with Crippen LogP contribution >= 0.6 is 11.3 Å². The first kappa shape index (κ1) is 13.6. The van der Waals surface area contributed by atoms with Crippen molar-refractivity contribution in [2.75, 3.05) is 0 Å². The number of aromatic nitrogens is 1. The van der Waals surface area contributed by atoms with E-state index in [1.807, 2.05) is 6.92 Å². The predicted octanol–water partition coefficient (Wildman–Crippen LogP) is 2.91. The average molecular weight is 282 g/mol. The molecule has 0 aliphatic rings. The molecule has 100 valence electrons. The topological polar surface area (TPSA) is 42.0 Å². The highest BCUT2D eigenvalue weighted by Crippen LogP contribution is 2.14. The van der Waals surface area contributed by atoms with Crippen molar-refractivity contribution in [3.63, 3.8) is 0 Å². The van der Waals surface area contributed by atoms with Gasteiger partial charge in [-0.15, -0.1) is 11.3 Å². The van der Waals surface area contributed by atoms with Crippen LogP contribution < -0.4 is 5.32 Å². The molecule has 6 heteroatoms. The van der Waals surface area contributed by atoms with Crippen LogP contribution in [0.5, 0.6) is 0 Å². The summed E-state index contributed by atoms with van der Waals surface area (Å²) in [7, 11) is 0. The minimum atomic E-state index is -1.13. The lowest BCUT2D eigenvalue weighted by Crippen LogP contribution is -2.24. The van der Waals surface area contributed by atoms with Crippen molar-refractivity contribution in [3.8, 4) is 0 Å². The summed E-state index contributed by atoms with van der Waals surface area (Å²) in [5.41, 5.74) is -0.299. The van der Waals surface area contributed by atoms with Crippen LogP contribution in [0, 0.1) is 11.6 Å². The molecule has 2 rings (SSSR count). The number of nitrogens with zero attached hydrogens (tertiary/aromatic N) is 1. The van der Waals surface area contributed by atoms with E-state index in [-0.39, 0.29) is 12.1 Å². The molecule has 0 radical (unpaired) electrons. The monoisotopic (exact) mass is 282 g/mol. The van der Waals surface area contributed by atoms with Gasteiger partial charge in [-0.2, -0.15) is 0 Å². The number of benzene rings is 1. The minimum absolute atomic E-state index is 0.208. The third-order valence-electron chi connectivity index (χ3n) is 2.55. The molecular formula is C13H12F2N2OS. The Labute approximate surface area is 113 Å². The Bertz CT molecular complexity index is 598. The fourth-order valence-corrected chi connectivity index (χ4v) is 2.33. The van der Waals surface area contributed by atoms with E-state index in [1.54, 1.807) is 6.20 Å². The lowest BCUT2D eigenvalue weighted by molar-refractivity contribution is 0.0946. The van der Waals surface area contributed by atoms with E-state index in [9.17, 15) is 13.6 Å². The largest absolute Gasteiger partial charge is 0.345 e. The van der Waals surface area contributed by atoms with Gasteiger partial charge in [-0.25, -0.2) is 13.8 Å². The third-order valence-corrected chi connectivity index (χ3v) is 3.69. The van der Waals surface area contributed by atoms with Crippen molar-refractivity contribution in [2.45, 2.75) is 19.9 Å². The fourth-order valence-electron chi connectivity index (χ4n) is 1.52. The van der Waals surface area contributed by atoms with Crippen LogP contribution in [0.4, 0.5) is 8.78 Å². The van der Waals surface area contributed by atoms with Gasteiger partial charge in [0, 0.05) is 11.1 Å². The van der Waals surface area contributed by atoms with E-state index >= 15 is 0 Å². The van der Waals surface area contributed by atoms with E-state index in [4.69, 9.17) is 0 Å². The Hall–Kier alpha value is -1.82. The zero-order chi connectivity index (χ0) is 13.8. The molecule has 3 nitrogen and oxygen atoms in total. The molecule has 0 atom stereocenters. The molecule has 1 N–H and O–H groups in total. The van der Waals surface area contributed by atoms with Crippen molar-refractivity contribution in [3.05, 3.63) is 51.5 Å². The molecule has 0 bridgehead atoms. The van der Waals surface area contributed by atoms with E-state index in [1.165, 1.54) is 23.5 Å². The minimum Gasteiger partial charge on any atom is -0.345 e. The van der Waals surface area contributed by atoms with Crippen LogP contribution in [-0.4, -0.2) is 10.9 Å². The molecule has 0 saturated heterocycles. The second kappa shape index (κ2) is 5.88. The Morgan fingerprint density at radius 2 is 2.21 bits per heavy atom. The lowest BCUT2D eigenvalue weighted by Gasteiger charge is -2.04. The molecule has 0 fully saturated rings.